The molecule has 0 unspecified atom stereocenters. The quantitative estimate of drug-likeness (QED) is 0.343. The van der Waals surface area contributed by atoms with E-state index in [1.165, 1.54) is 0 Å². The molecule has 202 valence electrons. The lowest BCUT2D eigenvalue weighted by Gasteiger charge is -2.43. The first-order chi connectivity index (χ1) is 17.2. The molecule has 0 aliphatic rings. The lowest BCUT2D eigenvalue weighted by Crippen LogP contribution is -2.68. The Morgan fingerprint density at radius 3 is 1.73 bits per heavy atom. The summed E-state index contributed by atoms with van der Waals surface area (Å²) in [5, 5.41) is 16.0. The molecule has 0 radical (unpaired) electrons. The van der Waals surface area contributed by atoms with E-state index in [0.29, 0.717) is 0 Å². The average molecular weight is 530 g/mol. The number of nitrogens with two attached hydrogens (primary N) is 1. The van der Waals surface area contributed by atoms with E-state index in [-0.39, 0.29) is 11.6 Å². The van der Waals surface area contributed by atoms with Crippen molar-refractivity contribution in [2.24, 2.45) is 5.73 Å². The van der Waals surface area contributed by atoms with Gasteiger partial charge in [0.05, 0.1) is 13.2 Å². The zero-order valence-corrected chi connectivity index (χ0v) is 23.4. The van der Waals surface area contributed by atoms with Crippen LogP contribution in [0.1, 0.15) is 41.5 Å². The molecule has 2 aromatic rings. The van der Waals surface area contributed by atoms with E-state index < -0.39 is 50.5 Å². The summed E-state index contributed by atoms with van der Waals surface area (Å²) in [5.41, 5.74) is 4.48. The van der Waals surface area contributed by atoms with Crippen LogP contribution in [-0.4, -0.2) is 62.2 Å². The van der Waals surface area contributed by atoms with E-state index in [4.69, 9.17) is 14.9 Å². The molecule has 0 aliphatic heterocycles. The molecule has 2 atom stereocenters. The Morgan fingerprint density at radius 2 is 1.35 bits per heavy atom. The lowest BCUT2D eigenvalue weighted by atomic mass is 10.2. The third-order valence-corrected chi connectivity index (χ3v) is 10.7. The second-order valence-electron chi connectivity index (χ2n) is 10.8. The van der Waals surface area contributed by atoms with Crippen LogP contribution in [-0.2, 0) is 18.8 Å². The number of hydrogen-bond donors (Lipinski definition) is 4. The van der Waals surface area contributed by atoms with E-state index in [2.05, 4.69) is 31.4 Å². The standard InChI is InChI=1S/C27H39N3O6Si/c1-26(2,3)36-25(34)30-22(24(33)29-21(17-31)23(28)32)18-35-37(27(4,5)6,19-13-9-7-10-14-19)20-15-11-8-12-16-20/h7-16,21-22,31H,17-18H2,1-6H3,(H2,28,32)(H,29,33)(H,30,34)/t21-,22-/m0/s1. The Balaban J connectivity index is 2.51. The predicted molar refractivity (Wildman–Crippen MR) is 145 cm³/mol. The highest BCUT2D eigenvalue weighted by molar-refractivity contribution is 6.99. The molecule has 37 heavy (non-hydrogen) atoms. The number of amides is 3. The summed E-state index contributed by atoms with van der Waals surface area (Å²) >= 11 is 0. The second kappa shape index (κ2) is 12.4. The van der Waals surface area contributed by atoms with E-state index in [0.717, 1.165) is 10.4 Å². The van der Waals surface area contributed by atoms with Gasteiger partial charge in [-0.3, -0.25) is 9.59 Å². The third kappa shape index (κ3) is 7.88. The van der Waals surface area contributed by atoms with E-state index in [9.17, 15) is 19.5 Å². The number of ether oxygens (including phenoxy) is 1. The van der Waals surface area contributed by atoms with Crippen molar-refractivity contribution in [2.75, 3.05) is 13.2 Å². The van der Waals surface area contributed by atoms with Crippen molar-refractivity contribution in [1.82, 2.24) is 10.6 Å². The molecule has 0 spiro atoms. The summed E-state index contributed by atoms with van der Waals surface area (Å²) in [5.74, 6) is -1.64. The molecule has 0 aromatic heterocycles. The highest BCUT2D eigenvalue weighted by Gasteiger charge is 2.50. The normalized spacial score (nSPS) is 13.8. The Bertz CT molecular complexity index is 1010. The summed E-state index contributed by atoms with van der Waals surface area (Å²) < 4.78 is 12.1. The molecule has 9 nitrogen and oxygen atoms in total. The molecule has 0 fully saturated rings. The molecule has 2 aromatic carbocycles. The van der Waals surface area contributed by atoms with Crippen LogP contribution in [0, 0.1) is 0 Å². The Kier molecular flexibility index (Phi) is 10.0. The van der Waals surface area contributed by atoms with Crippen LogP contribution in [0.4, 0.5) is 4.79 Å². The first-order valence-electron chi connectivity index (χ1n) is 12.2. The maximum Gasteiger partial charge on any atom is 0.408 e. The zero-order chi connectivity index (χ0) is 27.9. The van der Waals surface area contributed by atoms with Crippen LogP contribution < -0.4 is 26.7 Å². The number of rotatable bonds is 10. The topological polar surface area (TPSA) is 140 Å². The second-order valence-corrected chi connectivity index (χ2v) is 15.1. The number of aliphatic hydroxyl groups is 1. The average Bonchev–Trinajstić information content (AvgIpc) is 2.81. The van der Waals surface area contributed by atoms with Crippen molar-refractivity contribution in [3.05, 3.63) is 60.7 Å². The summed E-state index contributed by atoms with van der Waals surface area (Å²) in [6.45, 7) is 10.5. The van der Waals surface area contributed by atoms with Gasteiger partial charge in [-0.1, -0.05) is 81.4 Å². The maximum absolute atomic E-state index is 13.2. The van der Waals surface area contributed by atoms with Crippen molar-refractivity contribution in [3.8, 4) is 0 Å². The van der Waals surface area contributed by atoms with Crippen molar-refractivity contribution in [2.45, 2.75) is 64.3 Å². The van der Waals surface area contributed by atoms with Crippen molar-refractivity contribution in [3.63, 3.8) is 0 Å². The van der Waals surface area contributed by atoms with Gasteiger partial charge in [-0.15, -0.1) is 0 Å². The Morgan fingerprint density at radius 1 is 0.865 bits per heavy atom. The number of nitrogens with one attached hydrogen (secondary N) is 2. The van der Waals surface area contributed by atoms with Crippen LogP contribution in [0.15, 0.2) is 60.7 Å². The largest absolute Gasteiger partial charge is 0.444 e. The van der Waals surface area contributed by atoms with Gasteiger partial charge in [-0.2, -0.15) is 0 Å². The van der Waals surface area contributed by atoms with Crippen molar-refractivity contribution in [1.29, 1.82) is 0 Å². The fraction of sp³-hybridized carbons (Fsp3) is 0.444. The van der Waals surface area contributed by atoms with Gasteiger partial charge in [0.2, 0.25) is 11.8 Å². The molecule has 0 saturated heterocycles. The minimum absolute atomic E-state index is 0.213. The summed E-state index contributed by atoms with van der Waals surface area (Å²) in [6.07, 6.45) is -0.821. The minimum atomic E-state index is -3.04. The van der Waals surface area contributed by atoms with Gasteiger partial charge in [0.25, 0.3) is 8.32 Å². The molecule has 10 heteroatoms. The number of benzene rings is 2. The number of carbonyl (C=O) groups excluding carboxylic acids is 3. The zero-order valence-electron chi connectivity index (χ0n) is 22.4. The SMILES string of the molecule is CC(C)(C)OC(=O)N[C@@H](CO[Si](c1ccccc1)(c1ccccc1)C(C)(C)C)C(=O)N[C@@H](CO)C(N)=O. The molecule has 0 saturated carbocycles. The van der Waals surface area contributed by atoms with E-state index in [1.807, 2.05) is 60.7 Å². The van der Waals surface area contributed by atoms with Crippen LogP contribution in [0.5, 0.6) is 0 Å². The van der Waals surface area contributed by atoms with Gasteiger partial charge in [-0.25, -0.2) is 4.79 Å². The molecular weight excluding hydrogens is 490 g/mol. The summed E-state index contributed by atoms with van der Waals surface area (Å²) in [4.78, 5) is 37.4. The number of hydrogen-bond acceptors (Lipinski definition) is 6. The number of alkyl carbamates (subject to hydrolysis) is 1. The van der Waals surface area contributed by atoms with Crippen LogP contribution in [0.25, 0.3) is 0 Å². The first kappa shape index (κ1) is 30.0. The predicted octanol–water partition coefficient (Wildman–Crippen LogP) is 1.42. The molecule has 0 bridgehead atoms. The van der Waals surface area contributed by atoms with Crippen LogP contribution in [0.2, 0.25) is 5.04 Å². The van der Waals surface area contributed by atoms with Gasteiger partial charge in [0.1, 0.15) is 17.7 Å². The van der Waals surface area contributed by atoms with Crippen LogP contribution in [0.3, 0.4) is 0 Å². The van der Waals surface area contributed by atoms with Crippen molar-refractivity contribution < 1.29 is 28.7 Å². The molecular formula is C27H39N3O6Si. The highest BCUT2D eigenvalue weighted by atomic mass is 28.4. The van der Waals surface area contributed by atoms with Gasteiger partial charge in [0, 0.05) is 0 Å². The fourth-order valence-corrected chi connectivity index (χ4v) is 8.65. The lowest BCUT2D eigenvalue weighted by molar-refractivity contribution is -0.130. The number of carbonyl (C=O) groups is 3. The van der Waals surface area contributed by atoms with Gasteiger partial charge >= 0.3 is 6.09 Å². The fourth-order valence-electron chi connectivity index (χ4n) is 4.08. The van der Waals surface area contributed by atoms with E-state index >= 15 is 0 Å². The molecule has 3 amide bonds. The molecule has 5 N–H and O–H groups in total. The van der Waals surface area contributed by atoms with E-state index in [1.54, 1.807) is 20.8 Å². The van der Waals surface area contributed by atoms with Crippen molar-refractivity contribution >= 4 is 36.6 Å². The van der Waals surface area contributed by atoms with Gasteiger partial charge < -0.3 is 30.6 Å². The summed E-state index contributed by atoms with van der Waals surface area (Å²) in [6, 6.07) is 17.1. The summed E-state index contributed by atoms with van der Waals surface area (Å²) in [7, 11) is -3.04. The number of primary amides is 1. The van der Waals surface area contributed by atoms with Gasteiger partial charge in [0.15, 0.2) is 0 Å². The monoisotopic (exact) mass is 529 g/mol. The molecule has 0 aliphatic carbocycles. The molecule has 2 rings (SSSR count). The Hall–Kier alpha value is -3.21. The van der Waals surface area contributed by atoms with Crippen LogP contribution >= 0.6 is 0 Å². The maximum atomic E-state index is 13.2. The van der Waals surface area contributed by atoms with Gasteiger partial charge in [-0.05, 0) is 36.2 Å². The highest BCUT2D eigenvalue weighted by Crippen LogP contribution is 2.36. The number of aliphatic hydroxyl groups excluding tert-OH is 1. The minimum Gasteiger partial charge on any atom is -0.444 e. The first-order valence-corrected chi connectivity index (χ1v) is 14.1. The Labute approximate surface area is 219 Å². The smallest absolute Gasteiger partial charge is 0.408 e. The third-order valence-electron chi connectivity index (χ3n) is 5.73. The molecule has 0 heterocycles.